The average Bonchev–Trinajstić information content (AvgIpc) is 2.84. The lowest BCUT2D eigenvalue weighted by atomic mass is 10.1. The van der Waals surface area contributed by atoms with Crippen LogP contribution < -0.4 is 9.47 Å². The number of halogens is 6. The monoisotopic (exact) mass is 527 g/mol. The Balaban J connectivity index is 1.73. The van der Waals surface area contributed by atoms with Crippen LogP contribution in [0.25, 0.3) is 0 Å². The molecule has 196 valence electrons. The molecule has 6 nitrogen and oxygen atoms in total. The number of rotatable bonds is 10. The van der Waals surface area contributed by atoms with E-state index in [2.05, 4.69) is 9.99 Å². The molecule has 3 aromatic carbocycles. The Bertz CT molecular complexity index is 1220. The third-order valence-corrected chi connectivity index (χ3v) is 4.80. The summed E-state index contributed by atoms with van der Waals surface area (Å²) >= 11 is 0. The zero-order chi connectivity index (χ0) is 27.1. The van der Waals surface area contributed by atoms with Crippen LogP contribution >= 0.6 is 0 Å². The van der Waals surface area contributed by atoms with E-state index in [-0.39, 0.29) is 24.7 Å². The van der Waals surface area contributed by atoms with Crippen molar-refractivity contribution in [3.63, 3.8) is 0 Å². The molecule has 0 aliphatic carbocycles. The highest BCUT2D eigenvalue weighted by molar-refractivity contribution is 5.83. The van der Waals surface area contributed by atoms with E-state index in [4.69, 9.17) is 14.6 Å². The Morgan fingerprint density at radius 2 is 1.30 bits per heavy atom. The van der Waals surface area contributed by atoms with Gasteiger partial charge in [0.15, 0.2) is 0 Å². The SMILES string of the molecule is O=C(O)CON=Cc1ccc(OCc2ccc(C(F)(F)F)cc2)cc1OCc1ccc(C(F)(F)F)cc1. The number of alkyl halides is 6. The molecular formula is C25H19F6NO5. The Kier molecular flexibility index (Phi) is 8.64. The lowest BCUT2D eigenvalue weighted by Gasteiger charge is -2.13. The van der Waals surface area contributed by atoms with Crippen LogP contribution in [0.15, 0.2) is 71.9 Å². The maximum atomic E-state index is 12.8. The van der Waals surface area contributed by atoms with Gasteiger partial charge >= 0.3 is 18.3 Å². The van der Waals surface area contributed by atoms with Crippen LogP contribution in [0.5, 0.6) is 11.5 Å². The summed E-state index contributed by atoms with van der Waals surface area (Å²) in [6, 6.07) is 13.3. The van der Waals surface area contributed by atoms with Gasteiger partial charge in [0.05, 0.1) is 17.3 Å². The Morgan fingerprint density at radius 3 is 1.78 bits per heavy atom. The summed E-state index contributed by atoms with van der Waals surface area (Å²) in [6.07, 6.45) is -7.74. The molecule has 0 radical (unpaired) electrons. The number of aliphatic carboxylic acids is 1. The summed E-state index contributed by atoms with van der Waals surface area (Å²) < 4.78 is 87.9. The van der Waals surface area contributed by atoms with Gasteiger partial charge in [0.2, 0.25) is 6.61 Å². The lowest BCUT2D eigenvalue weighted by Crippen LogP contribution is -2.06. The zero-order valence-corrected chi connectivity index (χ0v) is 18.8. The van der Waals surface area contributed by atoms with Crippen molar-refractivity contribution in [2.75, 3.05) is 6.61 Å². The van der Waals surface area contributed by atoms with Crippen molar-refractivity contribution >= 4 is 12.2 Å². The third-order valence-electron chi connectivity index (χ3n) is 4.80. The number of benzene rings is 3. The van der Waals surface area contributed by atoms with Crippen molar-refractivity contribution in [2.45, 2.75) is 25.6 Å². The number of carboxylic acids is 1. The first-order chi connectivity index (χ1) is 17.4. The number of hydrogen-bond donors (Lipinski definition) is 1. The minimum atomic E-state index is -4.47. The van der Waals surface area contributed by atoms with Crippen molar-refractivity contribution in [1.82, 2.24) is 0 Å². The van der Waals surface area contributed by atoms with Gasteiger partial charge in [0.1, 0.15) is 24.7 Å². The molecule has 0 unspecified atom stereocenters. The van der Waals surface area contributed by atoms with Gasteiger partial charge in [-0.05, 0) is 47.5 Å². The molecule has 12 heteroatoms. The smallest absolute Gasteiger partial charge is 0.416 e. The van der Waals surface area contributed by atoms with E-state index in [1.807, 2.05) is 0 Å². The second kappa shape index (κ2) is 11.7. The maximum absolute atomic E-state index is 12.8. The number of carboxylic acid groups (broad SMARTS) is 1. The van der Waals surface area contributed by atoms with E-state index in [9.17, 15) is 31.1 Å². The highest BCUT2D eigenvalue weighted by Gasteiger charge is 2.30. The molecule has 0 heterocycles. The van der Waals surface area contributed by atoms with Gasteiger partial charge in [-0.1, -0.05) is 29.4 Å². The van der Waals surface area contributed by atoms with Crippen LogP contribution in [-0.2, 0) is 35.2 Å². The van der Waals surface area contributed by atoms with Gasteiger partial charge in [0.25, 0.3) is 0 Å². The molecule has 0 fully saturated rings. The fourth-order valence-corrected chi connectivity index (χ4v) is 2.93. The van der Waals surface area contributed by atoms with Crippen LogP contribution in [-0.4, -0.2) is 23.9 Å². The van der Waals surface area contributed by atoms with Crippen LogP contribution in [0.2, 0.25) is 0 Å². The molecule has 3 aromatic rings. The van der Waals surface area contributed by atoms with Gasteiger partial charge in [-0.2, -0.15) is 26.3 Å². The van der Waals surface area contributed by atoms with Gasteiger partial charge in [-0.3, -0.25) is 0 Å². The van der Waals surface area contributed by atoms with E-state index >= 15 is 0 Å². The Morgan fingerprint density at radius 1 is 0.784 bits per heavy atom. The van der Waals surface area contributed by atoms with Gasteiger partial charge in [-0.15, -0.1) is 0 Å². The largest absolute Gasteiger partial charge is 0.489 e. The zero-order valence-electron chi connectivity index (χ0n) is 18.8. The fraction of sp³-hybridized carbons (Fsp3) is 0.200. The second-order valence-electron chi connectivity index (χ2n) is 7.57. The molecule has 0 saturated heterocycles. The summed E-state index contributed by atoms with van der Waals surface area (Å²) in [7, 11) is 0. The number of ether oxygens (including phenoxy) is 2. The first-order valence-corrected chi connectivity index (χ1v) is 10.5. The average molecular weight is 527 g/mol. The first-order valence-electron chi connectivity index (χ1n) is 10.5. The van der Waals surface area contributed by atoms with Crippen molar-refractivity contribution < 1.29 is 50.6 Å². The second-order valence-corrected chi connectivity index (χ2v) is 7.57. The lowest BCUT2D eigenvalue weighted by molar-refractivity contribution is -0.142. The topological polar surface area (TPSA) is 77.4 Å². The third kappa shape index (κ3) is 8.44. The van der Waals surface area contributed by atoms with E-state index in [0.29, 0.717) is 16.7 Å². The molecule has 0 saturated carbocycles. The van der Waals surface area contributed by atoms with Crippen LogP contribution in [0.3, 0.4) is 0 Å². The molecule has 1 N–H and O–H groups in total. The number of carbonyl (C=O) groups is 1. The number of hydrogen-bond acceptors (Lipinski definition) is 5. The summed E-state index contributed by atoms with van der Waals surface area (Å²) in [5.41, 5.74) is -0.330. The standard InChI is InChI=1S/C25H19F6NO5/c26-24(27,28)19-6-1-16(2-7-19)13-35-21-10-5-18(12-32-37-15-23(33)34)22(11-21)36-14-17-3-8-20(9-4-17)25(29,30)31/h1-12H,13-15H2,(H,33,34). The minimum Gasteiger partial charge on any atom is -0.489 e. The fourth-order valence-electron chi connectivity index (χ4n) is 2.93. The molecule has 0 spiro atoms. The summed E-state index contributed by atoms with van der Waals surface area (Å²) in [6.45, 7) is -0.838. The number of nitrogens with zero attached hydrogens (tertiary/aromatic N) is 1. The van der Waals surface area contributed by atoms with E-state index in [0.717, 1.165) is 24.3 Å². The molecule has 0 amide bonds. The quantitative estimate of drug-likeness (QED) is 0.190. The predicted molar refractivity (Wildman–Crippen MR) is 119 cm³/mol. The maximum Gasteiger partial charge on any atom is 0.416 e. The van der Waals surface area contributed by atoms with Gasteiger partial charge in [0, 0.05) is 11.6 Å². The molecule has 37 heavy (non-hydrogen) atoms. The highest BCUT2D eigenvalue weighted by atomic mass is 19.4. The van der Waals surface area contributed by atoms with Crippen molar-refractivity contribution in [3.05, 3.63) is 94.5 Å². The highest BCUT2D eigenvalue weighted by Crippen LogP contribution is 2.31. The Hall–Kier alpha value is -4.22. The molecule has 0 bridgehead atoms. The Labute approximate surface area is 206 Å². The van der Waals surface area contributed by atoms with Crippen molar-refractivity contribution in [2.24, 2.45) is 5.16 Å². The molecule has 3 rings (SSSR count). The van der Waals surface area contributed by atoms with Crippen LogP contribution in [0, 0.1) is 0 Å². The molecule has 0 aliphatic rings. The van der Waals surface area contributed by atoms with Crippen molar-refractivity contribution in [1.29, 1.82) is 0 Å². The molecule has 0 atom stereocenters. The van der Waals surface area contributed by atoms with E-state index in [1.165, 1.54) is 48.7 Å². The predicted octanol–water partition coefficient (Wildman–Crippen LogP) is 6.32. The van der Waals surface area contributed by atoms with E-state index < -0.39 is 36.1 Å². The molecule has 0 aliphatic heterocycles. The van der Waals surface area contributed by atoms with Crippen LogP contribution in [0.4, 0.5) is 26.3 Å². The summed E-state index contributed by atoms with van der Waals surface area (Å²) in [5, 5.41) is 12.2. The number of oxime groups is 1. The van der Waals surface area contributed by atoms with Gasteiger partial charge in [-0.25, -0.2) is 4.79 Å². The van der Waals surface area contributed by atoms with E-state index in [1.54, 1.807) is 0 Å². The van der Waals surface area contributed by atoms with Gasteiger partial charge < -0.3 is 19.4 Å². The molecule has 0 aromatic heterocycles. The molecular weight excluding hydrogens is 508 g/mol. The normalized spacial score (nSPS) is 11.9. The van der Waals surface area contributed by atoms with Crippen molar-refractivity contribution in [3.8, 4) is 11.5 Å². The summed E-state index contributed by atoms with van der Waals surface area (Å²) in [4.78, 5) is 15.2. The summed E-state index contributed by atoms with van der Waals surface area (Å²) in [5.74, 6) is -0.763. The van der Waals surface area contributed by atoms with Crippen LogP contribution in [0.1, 0.15) is 27.8 Å². The minimum absolute atomic E-state index is 0.0500. The first kappa shape index (κ1) is 27.4.